The van der Waals surface area contributed by atoms with Crippen molar-refractivity contribution >= 4 is 11.6 Å². The molecule has 1 aliphatic heterocycles. The topological polar surface area (TPSA) is 56.8 Å². The van der Waals surface area contributed by atoms with Crippen LogP contribution in [-0.4, -0.2) is 25.7 Å². The second-order valence-corrected chi connectivity index (χ2v) is 7.02. The van der Waals surface area contributed by atoms with Crippen LogP contribution >= 0.6 is 0 Å². The van der Waals surface area contributed by atoms with Crippen molar-refractivity contribution in [2.75, 3.05) is 19.0 Å². The minimum Gasteiger partial charge on any atom is -0.495 e. The first kappa shape index (κ1) is 17.1. The Morgan fingerprint density at radius 1 is 1.16 bits per heavy atom. The highest BCUT2D eigenvalue weighted by Gasteiger charge is 2.28. The summed E-state index contributed by atoms with van der Waals surface area (Å²) in [5.41, 5.74) is 1.70. The van der Waals surface area contributed by atoms with Gasteiger partial charge in [-0.3, -0.25) is 4.79 Å². The van der Waals surface area contributed by atoms with Crippen LogP contribution in [-0.2, 0) is 10.2 Å². The van der Waals surface area contributed by atoms with E-state index in [1.54, 1.807) is 13.2 Å². The molecule has 25 heavy (non-hydrogen) atoms. The Hall–Kier alpha value is -2.69. The fourth-order valence-corrected chi connectivity index (χ4v) is 2.63. The zero-order valence-corrected chi connectivity index (χ0v) is 15.0. The molecule has 1 atom stereocenters. The molecular weight excluding hydrogens is 318 g/mol. The molecule has 1 aliphatic rings. The van der Waals surface area contributed by atoms with Gasteiger partial charge in [0.2, 0.25) is 6.10 Å². The van der Waals surface area contributed by atoms with Crippen LogP contribution in [0, 0.1) is 0 Å². The molecule has 0 aliphatic carbocycles. The van der Waals surface area contributed by atoms with E-state index in [9.17, 15) is 4.79 Å². The molecule has 1 heterocycles. The molecule has 1 N–H and O–H groups in total. The summed E-state index contributed by atoms with van der Waals surface area (Å²) in [4.78, 5) is 12.6. The van der Waals surface area contributed by atoms with Gasteiger partial charge in [-0.2, -0.15) is 0 Å². The van der Waals surface area contributed by atoms with Gasteiger partial charge < -0.3 is 19.5 Å². The van der Waals surface area contributed by atoms with E-state index in [2.05, 4.69) is 26.1 Å². The number of anilines is 1. The molecule has 1 unspecified atom stereocenters. The third kappa shape index (κ3) is 3.71. The minimum atomic E-state index is -0.710. The maximum Gasteiger partial charge on any atom is 0.269 e. The van der Waals surface area contributed by atoms with E-state index < -0.39 is 6.10 Å². The van der Waals surface area contributed by atoms with Gasteiger partial charge in [-0.25, -0.2) is 0 Å². The van der Waals surface area contributed by atoms with Crippen molar-refractivity contribution in [1.29, 1.82) is 0 Å². The number of rotatable bonds is 3. The van der Waals surface area contributed by atoms with Crippen LogP contribution < -0.4 is 19.5 Å². The zero-order valence-electron chi connectivity index (χ0n) is 15.0. The van der Waals surface area contributed by atoms with E-state index >= 15 is 0 Å². The summed E-state index contributed by atoms with van der Waals surface area (Å²) < 4.78 is 16.7. The third-order valence-corrected chi connectivity index (χ3v) is 4.12. The largest absolute Gasteiger partial charge is 0.495 e. The number of nitrogens with one attached hydrogen (secondary N) is 1. The van der Waals surface area contributed by atoms with Crippen LogP contribution in [0.25, 0.3) is 0 Å². The van der Waals surface area contributed by atoms with E-state index in [0.717, 1.165) is 5.56 Å². The summed E-state index contributed by atoms with van der Waals surface area (Å²) in [6.07, 6.45) is -0.710. The predicted octanol–water partition coefficient (Wildman–Crippen LogP) is 3.77. The van der Waals surface area contributed by atoms with Crippen LogP contribution in [0.5, 0.6) is 17.2 Å². The van der Waals surface area contributed by atoms with E-state index in [4.69, 9.17) is 14.2 Å². The molecule has 0 fully saturated rings. The second kappa shape index (κ2) is 6.67. The molecule has 3 rings (SSSR count). The summed E-state index contributed by atoms with van der Waals surface area (Å²) in [5, 5.41) is 2.91. The maximum absolute atomic E-state index is 12.6. The first-order valence-electron chi connectivity index (χ1n) is 8.26. The number of carbonyl (C=O) groups excluding carboxylic acids is 1. The Balaban J connectivity index is 1.79. The van der Waals surface area contributed by atoms with E-state index in [1.165, 1.54) is 0 Å². The second-order valence-electron chi connectivity index (χ2n) is 7.02. The number of fused-ring (bicyclic) bond motifs is 1. The predicted molar refractivity (Wildman–Crippen MR) is 96.7 cm³/mol. The van der Waals surface area contributed by atoms with Gasteiger partial charge in [-0.15, -0.1) is 0 Å². The van der Waals surface area contributed by atoms with Crippen molar-refractivity contribution in [3.05, 3.63) is 48.0 Å². The van der Waals surface area contributed by atoms with Crippen molar-refractivity contribution < 1.29 is 19.0 Å². The Morgan fingerprint density at radius 3 is 2.56 bits per heavy atom. The highest BCUT2D eigenvalue weighted by molar-refractivity contribution is 5.96. The first-order chi connectivity index (χ1) is 11.9. The third-order valence-electron chi connectivity index (χ3n) is 4.12. The SMILES string of the molecule is COc1ccc(C(C)(C)C)cc1NC(=O)C1COc2ccccc2O1. The van der Waals surface area contributed by atoms with Crippen LogP contribution in [0.3, 0.4) is 0 Å². The summed E-state index contributed by atoms with van der Waals surface area (Å²) in [5.74, 6) is 1.57. The van der Waals surface area contributed by atoms with Gasteiger partial charge >= 0.3 is 0 Å². The number of benzene rings is 2. The van der Waals surface area contributed by atoms with Gasteiger partial charge in [0.05, 0.1) is 12.8 Å². The zero-order chi connectivity index (χ0) is 18.0. The molecule has 1 amide bonds. The van der Waals surface area contributed by atoms with Crippen LogP contribution in [0.1, 0.15) is 26.3 Å². The summed E-state index contributed by atoms with van der Waals surface area (Å²) >= 11 is 0. The van der Waals surface area contributed by atoms with E-state index in [0.29, 0.717) is 22.9 Å². The Kier molecular flexibility index (Phi) is 4.57. The number of amides is 1. The van der Waals surface area contributed by atoms with Crippen molar-refractivity contribution in [3.8, 4) is 17.2 Å². The lowest BCUT2D eigenvalue weighted by atomic mass is 9.87. The Labute approximate surface area is 147 Å². The highest BCUT2D eigenvalue weighted by Crippen LogP contribution is 2.33. The molecule has 0 saturated heterocycles. The van der Waals surface area contributed by atoms with Crippen molar-refractivity contribution in [3.63, 3.8) is 0 Å². The summed E-state index contributed by atoms with van der Waals surface area (Å²) in [6.45, 7) is 6.53. The summed E-state index contributed by atoms with van der Waals surface area (Å²) in [6, 6.07) is 13.1. The molecular formula is C20H23NO4. The molecule has 0 radical (unpaired) electrons. The molecule has 5 nitrogen and oxygen atoms in total. The van der Waals surface area contributed by atoms with Crippen molar-refractivity contribution in [2.24, 2.45) is 0 Å². The standard InChI is InChI=1S/C20H23NO4/c1-20(2,3)13-9-10-15(23-4)14(11-13)21-19(22)18-12-24-16-7-5-6-8-17(16)25-18/h5-11,18H,12H2,1-4H3,(H,21,22). The van der Waals surface area contributed by atoms with Crippen molar-refractivity contribution in [1.82, 2.24) is 0 Å². The number of methoxy groups -OCH3 is 1. The smallest absolute Gasteiger partial charge is 0.269 e. The van der Waals surface area contributed by atoms with Gasteiger partial charge in [-0.05, 0) is 35.2 Å². The van der Waals surface area contributed by atoms with Crippen LogP contribution in [0.4, 0.5) is 5.69 Å². The quantitative estimate of drug-likeness (QED) is 0.923. The van der Waals surface area contributed by atoms with Crippen molar-refractivity contribution in [2.45, 2.75) is 32.3 Å². The Morgan fingerprint density at radius 2 is 1.88 bits per heavy atom. The lowest BCUT2D eigenvalue weighted by Gasteiger charge is -2.26. The average Bonchev–Trinajstić information content (AvgIpc) is 2.60. The minimum absolute atomic E-state index is 0.0326. The average molecular weight is 341 g/mol. The van der Waals surface area contributed by atoms with Gasteiger partial charge in [0.25, 0.3) is 5.91 Å². The van der Waals surface area contributed by atoms with Gasteiger partial charge in [-0.1, -0.05) is 39.0 Å². The van der Waals surface area contributed by atoms with Gasteiger partial charge in [0, 0.05) is 0 Å². The molecule has 2 aromatic rings. The normalized spacial score (nSPS) is 16.2. The van der Waals surface area contributed by atoms with E-state index in [-0.39, 0.29) is 17.9 Å². The van der Waals surface area contributed by atoms with Crippen LogP contribution in [0.15, 0.2) is 42.5 Å². The van der Waals surface area contributed by atoms with E-state index in [1.807, 2.05) is 36.4 Å². The molecule has 2 aromatic carbocycles. The fraction of sp³-hybridized carbons (Fsp3) is 0.350. The molecule has 0 bridgehead atoms. The summed E-state index contributed by atoms with van der Waals surface area (Å²) in [7, 11) is 1.58. The van der Waals surface area contributed by atoms with Crippen LogP contribution in [0.2, 0.25) is 0 Å². The van der Waals surface area contributed by atoms with Gasteiger partial charge in [0.15, 0.2) is 11.5 Å². The first-order valence-corrected chi connectivity index (χ1v) is 8.26. The molecule has 132 valence electrons. The molecule has 0 spiro atoms. The monoisotopic (exact) mass is 341 g/mol. The number of hydrogen-bond donors (Lipinski definition) is 1. The Bertz CT molecular complexity index is 780. The van der Waals surface area contributed by atoms with Gasteiger partial charge in [0.1, 0.15) is 12.4 Å². The lowest BCUT2D eigenvalue weighted by molar-refractivity contribution is -0.125. The maximum atomic E-state index is 12.6. The number of para-hydroxylation sites is 2. The number of ether oxygens (including phenoxy) is 3. The molecule has 0 aromatic heterocycles. The molecule has 0 saturated carbocycles. The lowest BCUT2D eigenvalue weighted by Crippen LogP contribution is -2.40. The fourth-order valence-electron chi connectivity index (χ4n) is 2.63. The number of carbonyl (C=O) groups is 1. The number of hydrogen-bond acceptors (Lipinski definition) is 4. The molecule has 5 heteroatoms. The highest BCUT2D eigenvalue weighted by atomic mass is 16.6.